The molecule has 0 unspecified atom stereocenters. The van der Waals surface area contributed by atoms with Gasteiger partial charge in [0.15, 0.2) is 0 Å². The Labute approximate surface area is 63.3 Å². The van der Waals surface area contributed by atoms with Crippen molar-refractivity contribution in [2.75, 3.05) is 6.54 Å². The first-order chi connectivity index (χ1) is 4.68. The van der Waals surface area contributed by atoms with Gasteiger partial charge in [0.1, 0.15) is 0 Å². The van der Waals surface area contributed by atoms with Crippen molar-refractivity contribution < 1.29 is 0 Å². The number of hydrogen-bond acceptors (Lipinski definition) is 1. The summed E-state index contributed by atoms with van der Waals surface area (Å²) in [6, 6.07) is 0. The van der Waals surface area contributed by atoms with Crippen molar-refractivity contribution in [2.24, 2.45) is 11.1 Å². The van der Waals surface area contributed by atoms with E-state index in [1.165, 1.54) is 24.8 Å². The molecule has 1 heteroatoms. The van der Waals surface area contributed by atoms with Crippen LogP contribution in [-0.4, -0.2) is 6.54 Å². The summed E-state index contributed by atoms with van der Waals surface area (Å²) in [6.45, 7) is 6.84. The molecular formula is C9H17N. The van der Waals surface area contributed by atoms with E-state index in [0.29, 0.717) is 5.41 Å². The molecular weight excluding hydrogens is 122 g/mol. The van der Waals surface area contributed by atoms with Gasteiger partial charge in [-0.3, -0.25) is 0 Å². The highest BCUT2D eigenvalue weighted by molar-refractivity contribution is 4.98. The van der Waals surface area contributed by atoms with Gasteiger partial charge in [0, 0.05) is 0 Å². The minimum absolute atomic E-state index is 0.541. The molecule has 1 rings (SSSR count). The molecule has 58 valence electrons. The van der Waals surface area contributed by atoms with E-state index in [4.69, 9.17) is 5.73 Å². The highest BCUT2D eigenvalue weighted by Gasteiger charge is 2.40. The summed E-state index contributed by atoms with van der Waals surface area (Å²) in [6.07, 6.45) is 5.11. The summed E-state index contributed by atoms with van der Waals surface area (Å²) in [4.78, 5) is 0. The SMILES string of the molecule is C=C(C)CCC1(CN)CC1. The number of nitrogens with two attached hydrogens (primary N) is 1. The summed E-state index contributed by atoms with van der Waals surface area (Å²) in [5, 5.41) is 0. The summed E-state index contributed by atoms with van der Waals surface area (Å²) in [7, 11) is 0. The minimum atomic E-state index is 0.541. The summed E-state index contributed by atoms with van der Waals surface area (Å²) in [5.74, 6) is 0. The first-order valence-corrected chi connectivity index (χ1v) is 4.03. The summed E-state index contributed by atoms with van der Waals surface area (Å²) < 4.78 is 0. The monoisotopic (exact) mass is 139 g/mol. The Morgan fingerprint density at radius 2 is 2.20 bits per heavy atom. The van der Waals surface area contributed by atoms with Gasteiger partial charge in [-0.25, -0.2) is 0 Å². The van der Waals surface area contributed by atoms with Crippen molar-refractivity contribution in [1.82, 2.24) is 0 Å². The zero-order valence-corrected chi connectivity index (χ0v) is 6.82. The highest BCUT2D eigenvalue weighted by atomic mass is 14.6. The predicted molar refractivity (Wildman–Crippen MR) is 44.8 cm³/mol. The molecule has 1 fully saturated rings. The van der Waals surface area contributed by atoms with E-state index >= 15 is 0 Å². The van der Waals surface area contributed by atoms with Crippen molar-refractivity contribution in [3.8, 4) is 0 Å². The van der Waals surface area contributed by atoms with Crippen LogP contribution in [0.2, 0.25) is 0 Å². The van der Waals surface area contributed by atoms with Crippen molar-refractivity contribution in [3.05, 3.63) is 12.2 Å². The van der Waals surface area contributed by atoms with Crippen molar-refractivity contribution in [2.45, 2.75) is 32.6 Å². The summed E-state index contributed by atoms with van der Waals surface area (Å²) >= 11 is 0. The van der Waals surface area contributed by atoms with Crippen molar-refractivity contribution >= 4 is 0 Å². The van der Waals surface area contributed by atoms with Crippen LogP contribution in [0.15, 0.2) is 12.2 Å². The maximum Gasteiger partial charge on any atom is -0.00204 e. The van der Waals surface area contributed by atoms with E-state index in [2.05, 4.69) is 13.5 Å². The fourth-order valence-corrected chi connectivity index (χ4v) is 1.21. The molecule has 0 radical (unpaired) electrons. The molecule has 1 aliphatic rings. The van der Waals surface area contributed by atoms with Crippen LogP contribution in [0.1, 0.15) is 32.6 Å². The predicted octanol–water partition coefficient (Wildman–Crippen LogP) is 2.08. The van der Waals surface area contributed by atoms with E-state index in [1.54, 1.807) is 0 Å². The molecule has 10 heavy (non-hydrogen) atoms. The molecule has 0 aliphatic heterocycles. The molecule has 0 saturated heterocycles. The van der Waals surface area contributed by atoms with Gasteiger partial charge in [0.2, 0.25) is 0 Å². The Hall–Kier alpha value is -0.300. The average molecular weight is 139 g/mol. The fourth-order valence-electron chi connectivity index (χ4n) is 1.21. The van der Waals surface area contributed by atoms with Gasteiger partial charge in [0.25, 0.3) is 0 Å². The van der Waals surface area contributed by atoms with Crippen molar-refractivity contribution in [3.63, 3.8) is 0 Å². The lowest BCUT2D eigenvalue weighted by molar-refractivity contribution is 0.478. The van der Waals surface area contributed by atoms with Crippen LogP contribution in [0.4, 0.5) is 0 Å². The second-order valence-electron chi connectivity index (χ2n) is 3.66. The Balaban J connectivity index is 2.19. The lowest BCUT2D eigenvalue weighted by Crippen LogP contribution is -2.14. The molecule has 1 aliphatic carbocycles. The Kier molecular flexibility index (Phi) is 2.14. The van der Waals surface area contributed by atoms with Gasteiger partial charge in [-0.1, -0.05) is 5.57 Å². The van der Waals surface area contributed by atoms with Crippen LogP contribution in [0.25, 0.3) is 0 Å². The topological polar surface area (TPSA) is 26.0 Å². The molecule has 0 aromatic carbocycles. The van der Waals surface area contributed by atoms with Crippen LogP contribution in [-0.2, 0) is 0 Å². The molecule has 0 amide bonds. The zero-order chi connectivity index (χ0) is 7.61. The molecule has 0 atom stereocenters. The molecule has 0 heterocycles. The molecule has 0 bridgehead atoms. The highest BCUT2D eigenvalue weighted by Crippen LogP contribution is 2.48. The Bertz CT molecular complexity index is 134. The molecule has 1 nitrogen and oxygen atoms in total. The van der Waals surface area contributed by atoms with Gasteiger partial charge in [-0.05, 0) is 44.6 Å². The summed E-state index contributed by atoms with van der Waals surface area (Å²) in [5.41, 5.74) is 7.46. The van der Waals surface area contributed by atoms with Gasteiger partial charge < -0.3 is 5.73 Å². The lowest BCUT2D eigenvalue weighted by atomic mass is 9.98. The van der Waals surface area contributed by atoms with Gasteiger partial charge in [-0.15, -0.1) is 6.58 Å². The minimum Gasteiger partial charge on any atom is -0.330 e. The zero-order valence-electron chi connectivity index (χ0n) is 6.82. The molecule has 0 aromatic heterocycles. The number of rotatable bonds is 4. The number of hydrogen-bond donors (Lipinski definition) is 1. The Morgan fingerprint density at radius 1 is 1.60 bits per heavy atom. The molecule has 0 spiro atoms. The van der Waals surface area contributed by atoms with Crippen LogP contribution >= 0.6 is 0 Å². The van der Waals surface area contributed by atoms with E-state index in [1.807, 2.05) is 0 Å². The largest absolute Gasteiger partial charge is 0.330 e. The van der Waals surface area contributed by atoms with Crippen LogP contribution in [0.3, 0.4) is 0 Å². The second-order valence-corrected chi connectivity index (χ2v) is 3.66. The Morgan fingerprint density at radius 3 is 2.50 bits per heavy atom. The van der Waals surface area contributed by atoms with E-state index in [-0.39, 0.29) is 0 Å². The second kappa shape index (κ2) is 2.75. The van der Waals surface area contributed by atoms with E-state index in [9.17, 15) is 0 Å². The third kappa shape index (κ3) is 1.84. The van der Waals surface area contributed by atoms with Crippen molar-refractivity contribution in [1.29, 1.82) is 0 Å². The number of allylic oxidation sites excluding steroid dienone is 1. The quantitative estimate of drug-likeness (QED) is 0.593. The van der Waals surface area contributed by atoms with E-state index < -0.39 is 0 Å². The van der Waals surface area contributed by atoms with Crippen LogP contribution in [0, 0.1) is 5.41 Å². The van der Waals surface area contributed by atoms with Gasteiger partial charge in [-0.2, -0.15) is 0 Å². The van der Waals surface area contributed by atoms with Crippen LogP contribution in [0.5, 0.6) is 0 Å². The first-order valence-electron chi connectivity index (χ1n) is 4.03. The maximum atomic E-state index is 5.63. The van der Waals surface area contributed by atoms with Gasteiger partial charge >= 0.3 is 0 Å². The third-order valence-electron chi connectivity index (χ3n) is 2.47. The van der Waals surface area contributed by atoms with Gasteiger partial charge in [0.05, 0.1) is 0 Å². The average Bonchev–Trinajstić information content (AvgIpc) is 2.64. The lowest BCUT2D eigenvalue weighted by Gasteiger charge is -2.10. The van der Waals surface area contributed by atoms with Crippen LogP contribution < -0.4 is 5.73 Å². The smallest absolute Gasteiger partial charge is 0.00204 e. The first kappa shape index (κ1) is 7.80. The molecule has 1 saturated carbocycles. The molecule has 2 N–H and O–H groups in total. The maximum absolute atomic E-state index is 5.63. The standard InChI is InChI=1S/C9H17N/c1-8(2)3-4-9(7-10)5-6-9/h1,3-7,10H2,2H3. The van der Waals surface area contributed by atoms with E-state index in [0.717, 1.165) is 13.0 Å². The molecule has 0 aromatic rings. The third-order valence-corrected chi connectivity index (χ3v) is 2.47. The normalized spacial score (nSPS) is 20.6. The fraction of sp³-hybridized carbons (Fsp3) is 0.778.